The van der Waals surface area contributed by atoms with Gasteiger partial charge in [-0.15, -0.1) is 0 Å². The zero-order valence-corrected chi connectivity index (χ0v) is 14.6. The molecule has 136 valence electrons. The van der Waals surface area contributed by atoms with Crippen LogP contribution in [0.4, 0.5) is 0 Å². The van der Waals surface area contributed by atoms with Gasteiger partial charge in [-0.25, -0.2) is 0 Å². The molecule has 0 aliphatic rings. The van der Waals surface area contributed by atoms with E-state index in [9.17, 15) is 14.4 Å². The Hall–Kier alpha value is -2.99. The lowest BCUT2D eigenvalue weighted by molar-refractivity contribution is -0.154. The molecule has 2 aromatic rings. The number of carboxylic acid groups (broad SMARTS) is 1. The zero-order chi connectivity index (χ0) is 19.3. The molecule has 0 aliphatic heterocycles. The standard InChI is InChI=1S/C20H21NO5/c1-12(20(25)26-13(2)17(21)19(23)24)15-9-6-10-16(11-15)18(22)14-7-4-3-5-8-14/h3-13,17H,21H2,1-2H3,(H,23,24)/t12-,13-,17+/m1/s1. The van der Waals surface area contributed by atoms with E-state index < -0.39 is 30.0 Å². The Bertz CT molecular complexity index is 803. The summed E-state index contributed by atoms with van der Waals surface area (Å²) >= 11 is 0. The lowest BCUT2D eigenvalue weighted by Crippen LogP contribution is -2.43. The number of carbonyl (C=O) groups is 3. The topological polar surface area (TPSA) is 107 Å². The molecule has 0 saturated heterocycles. The predicted octanol–water partition coefficient (Wildman–Crippen LogP) is 2.36. The first-order valence-corrected chi connectivity index (χ1v) is 8.20. The molecule has 0 amide bonds. The molecule has 0 spiro atoms. The molecule has 2 aromatic carbocycles. The second-order valence-corrected chi connectivity index (χ2v) is 6.05. The van der Waals surface area contributed by atoms with Crippen molar-refractivity contribution >= 4 is 17.7 Å². The molecule has 6 nitrogen and oxygen atoms in total. The molecule has 3 N–H and O–H groups in total. The fourth-order valence-corrected chi connectivity index (χ4v) is 2.40. The third-order valence-electron chi connectivity index (χ3n) is 4.13. The van der Waals surface area contributed by atoms with Gasteiger partial charge < -0.3 is 15.6 Å². The lowest BCUT2D eigenvalue weighted by Gasteiger charge is -2.20. The lowest BCUT2D eigenvalue weighted by atomic mass is 9.95. The third-order valence-corrected chi connectivity index (χ3v) is 4.13. The van der Waals surface area contributed by atoms with Gasteiger partial charge in [-0.3, -0.25) is 14.4 Å². The van der Waals surface area contributed by atoms with E-state index in [1.807, 2.05) is 6.07 Å². The highest BCUT2D eigenvalue weighted by Gasteiger charge is 2.26. The number of hydrogen-bond donors (Lipinski definition) is 2. The van der Waals surface area contributed by atoms with Crippen molar-refractivity contribution in [1.29, 1.82) is 0 Å². The van der Waals surface area contributed by atoms with Crippen LogP contribution in [0.2, 0.25) is 0 Å². The summed E-state index contributed by atoms with van der Waals surface area (Å²) in [5.74, 6) is -2.65. The molecule has 0 heterocycles. The molecular formula is C20H21NO5. The molecule has 0 unspecified atom stereocenters. The van der Waals surface area contributed by atoms with E-state index >= 15 is 0 Å². The maximum atomic E-state index is 12.5. The fraction of sp³-hybridized carbons (Fsp3) is 0.250. The number of carbonyl (C=O) groups excluding carboxylic acids is 2. The Labute approximate surface area is 151 Å². The summed E-state index contributed by atoms with van der Waals surface area (Å²) in [4.78, 5) is 35.7. The fourth-order valence-electron chi connectivity index (χ4n) is 2.40. The normalized spacial score (nSPS) is 14.1. The van der Waals surface area contributed by atoms with Crippen LogP contribution in [0.25, 0.3) is 0 Å². The summed E-state index contributed by atoms with van der Waals surface area (Å²) in [6.45, 7) is 3.06. The van der Waals surface area contributed by atoms with Crippen molar-refractivity contribution in [1.82, 2.24) is 0 Å². The number of aliphatic carboxylic acids is 1. The van der Waals surface area contributed by atoms with Crippen molar-refractivity contribution in [3.8, 4) is 0 Å². The maximum Gasteiger partial charge on any atom is 0.324 e. The van der Waals surface area contributed by atoms with Crippen LogP contribution in [0.15, 0.2) is 54.6 Å². The summed E-state index contributed by atoms with van der Waals surface area (Å²) in [5, 5.41) is 8.87. The van der Waals surface area contributed by atoms with Crippen LogP contribution in [-0.2, 0) is 14.3 Å². The van der Waals surface area contributed by atoms with Crippen LogP contribution in [0.1, 0.15) is 41.3 Å². The first-order chi connectivity index (χ1) is 12.3. The second kappa shape index (κ2) is 8.40. The van der Waals surface area contributed by atoms with Gasteiger partial charge in [0.05, 0.1) is 5.92 Å². The molecule has 0 radical (unpaired) electrons. The molecule has 2 rings (SSSR count). The van der Waals surface area contributed by atoms with Crippen LogP contribution in [0, 0.1) is 0 Å². The predicted molar refractivity (Wildman–Crippen MR) is 95.9 cm³/mol. The van der Waals surface area contributed by atoms with E-state index in [0.717, 1.165) is 0 Å². The van der Waals surface area contributed by atoms with Crippen LogP contribution >= 0.6 is 0 Å². The van der Waals surface area contributed by atoms with Crippen molar-refractivity contribution in [2.45, 2.75) is 31.9 Å². The van der Waals surface area contributed by atoms with E-state index in [0.29, 0.717) is 16.7 Å². The van der Waals surface area contributed by atoms with Gasteiger partial charge >= 0.3 is 11.9 Å². The molecule has 0 saturated carbocycles. The maximum absolute atomic E-state index is 12.5. The van der Waals surface area contributed by atoms with Gasteiger partial charge in [-0.05, 0) is 25.5 Å². The highest BCUT2D eigenvalue weighted by atomic mass is 16.5. The number of rotatable bonds is 7. The Morgan fingerprint density at radius 2 is 1.58 bits per heavy atom. The Kier molecular flexibility index (Phi) is 6.25. The largest absolute Gasteiger partial charge is 0.480 e. The minimum atomic E-state index is -1.29. The molecule has 0 aliphatic carbocycles. The van der Waals surface area contributed by atoms with Gasteiger partial charge in [0.15, 0.2) is 5.78 Å². The van der Waals surface area contributed by atoms with Crippen LogP contribution in [0.5, 0.6) is 0 Å². The Morgan fingerprint density at radius 3 is 2.19 bits per heavy atom. The van der Waals surface area contributed by atoms with E-state index in [1.165, 1.54) is 6.92 Å². The van der Waals surface area contributed by atoms with Gasteiger partial charge in [0.2, 0.25) is 0 Å². The number of ether oxygens (including phenoxy) is 1. The van der Waals surface area contributed by atoms with Crippen LogP contribution < -0.4 is 5.73 Å². The number of esters is 1. The summed E-state index contributed by atoms with van der Waals surface area (Å²) in [6, 6.07) is 14.3. The van der Waals surface area contributed by atoms with Crippen molar-refractivity contribution in [3.63, 3.8) is 0 Å². The van der Waals surface area contributed by atoms with Gasteiger partial charge in [0, 0.05) is 11.1 Å². The van der Waals surface area contributed by atoms with Crippen molar-refractivity contribution in [3.05, 3.63) is 71.3 Å². The SMILES string of the molecule is C[C@@H](C(=O)O[C@H](C)[C@H](N)C(=O)O)c1cccc(C(=O)c2ccccc2)c1. The monoisotopic (exact) mass is 355 g/mol. The molecule has 26 heavy (non-hydrogen) atoms. The van der Waals surface area contributed by atoms with Gasteiger partial charge in [-0.2, -0.15) is 0 Å². The minimum Gasteiger partial charge on any atom is -0.480 e. The van der Waals surface area contributed by atoms with Crippen LogP contribution in [-0.4, -0.2) is 35.0 Å². The summed E-state index contributed by atoms with van der Waals surface area (Å²) in [6.07, 6.45) is -0.961. The van der Waals surface area contributed by atoms with Crippen molar-refractivity contribution in [2.75, 3.05) is 0 Å². The quantitative estimate of drug-likeness (QED) is 0.583. The molecule has 0 fully saturated rings. The van der Waals surface area contributed by atoms with Crippen LogP contribution in [0.3, 0.4) is 0 Å². The van der Waals surface area contributed by atoms with Gasteiger partial charge in [0.25, 0.3) is 0 Å². The van der Waals surface area contributed by atoms with Crippen molar-refractivity contribution < 1.29 is 24.2 Å². The molecular weight excluding hydrogens is 334 g/mol. The van der Waals surface area contributed by atoms with Gasteiger partial charge in [0.1, 0.15) is 12.1 Å². The second-order valence-electron chi connectivity index (χ2n) is 6.05. The summed E-state index contributed by atoms with van der Waals surface area (Å²) in [7, 11) is 0. The summed E-state index contributed by atoms with van der Waals surface area (Å²) in [5.41, 5.74) is 7.08. The summed E-state index contributed by atoms with van der Waals surface area (Å²) < 4.78 is 5.14. The average Bonchev–Trinajstić information content (AvgIpc) is 2.66. The van der Waals surface area contributed by atoms with E-state index in [-0.39, 0.29) is 5.78 Å². The Balaban J connectivity index is 2.15. The number of ketones is 1. The molecule has 3 atom stereocenters. The molecule has 0 bridgehead atoms. The smallest absolute Gasteiger partial charge is 0.324 e. The molecule has 6 heteroatoms. The Morgan fingerprint density at radius 1 is 0.962 bits per heavy atom. The first kappa shape index (κ1) is 19.3. The zero-order valence-electron chi connectivity index (χ0n) is 14.6. The van der Waals surface area contributed by atoms with E-state index in [4.69, 9.17) is 15.6 Å². The first-order valence-electron chi connectivity index (χ1n) is 8.20. The third kappa shape index (κ3) is 4.55. The highest BCUT2D eigenvalue weighted by molar-refractivity contribution is 6.09. The highest BCUT2D eigenvalue weighted by Crippen LogP contribution is 2.21. The number of nitrogens with two attached hydrogens (primary N) is 1. The minimum absolute atomic E-state index is 0.144. The van der Waals surface area contributed by atoms with Gasteiger partial charge in [-0.1, -0.05) is 48.5 Å². The number of benzene rings is 2. The van der Waals surface area contributed by atoms with E-state index in [1.54, 1.807) is 55.5 Å². The van der Waals surface area contributed by atoms with E-state index in [2.05, 4.69) is 0 Å². The average molecular weight is 355 g/mol. The molecule has 0 aromatic heterocycles. The number of hydrogen-bond acceptors (Lipinski definition) is 5. The van der Waals surface area contributed by atoms with Crippen molar-refractivity contribution in [2.24, 2.45) is 5.73 Å². The number of carboxylic acids is 1.